The number of hydrogen-bond donors (Lipinski definition) is 2. The fraction of sp³-hybridized carbons (Fsp3) is 0.333. The molecule has 0 amide bonds. The van der Waals surface area contributed by atoms with E-state index in [1.165, 1.54) is 4.88 Å². The van der Waals surface area contributed by atoms with Gasteiger partial charge in [-0.1, -0.05) is 13.0 Å². The van der Waals surface area contributed by atoms with Gasteiger partial charge in [-0.15, -0.1) is 11.3 Å². The molecule has 21 heavy (non-hydrogen) atoms. The normalized spacial score (nSPS) is 11.9. The topological polar surface area (TPSA) is 77.2 Å². The molecule has 6 heteroatoms. The molecule has 0 bridgehead atoms. The van der Waals surface area contributed by atoms with Gasteiger partial charge in [0, 0.05) is 11.1 Å². The number of thiophene rings is 1. The summed E-state index contributed by atoms with van der Waals surface area (Å²) in [6, 6.07) is 5.77. The molecule has 0 aliphatic heterocycles. The number of nitrogen functional groups attached to an aromatic ring is 1. The SMILES string of the molecule is CCOC(=O)c1ccnc(NC(CC)c2cccs2)c1N. The lowest BCUT2D eigenvalue weighted by Crippen LogP contribution is -2.14. The van der Waals surface area contributed by atoms with Crippen molar-refractivity contribution in [1.29, 1.82) is 0 Å². The van der Waals surface area contributed by atoms with Crippen LogP contribution >= 0.6 is 11.3 Å². The minimum Gasteiger partial charge on any atom is -0.462 e. The molecule has 2 heterocycles. The van der Waals surface area contributed by atoms with Crippen molar-refractivity contribution < 1.29 is 9.53 Å². The maximum atomic E-state index is 11.8. The zero-order chi connectivity index (χ0) is 15.2. The van der Waals surface area contributed by atoms with Crippen molar-refractivity contribution in [1.82, 2.24) is 4.98 Å². The van der Waals surface area contributed by atoms with Crippen molar-refractivity contribution in [2.24, 2.45) is 0 Å². The standard InChI is InChI=1S/C15H19N3O2S/c1-3-11(12-6-5-9-21-12)18-14-13(16)10(7-8-17-14)15(19)20-4-2/h5-9,11H,3-4,16H2,1-2H3,(H,17,18). The average Bonchev–Trinajstić information content (AvgIpc) is 3.00. The van der Waals surface area contributed by atoms with Crippen molar-refractivity contribution in [2.75, 3.05) is 17.7 Å². The van der Waals surface area contributed by atoms with E-state index >= 15 is 0 Å². The lowest BCUT2D eigenvalue weighted by atomic mass is 10.1. The molecule has 0 radical (unpaired) electrons. The average molecular weight is 305 g/mol. The van der Waals surface area contributed by atoms with E-state index < -0.39 is 5.97 Å². The Morgan fingerprint density at radius 2 is 2.29 bits per heavy atom. The maximum Gasteiger partial charge on any atom is 0.340 e. The summed E-state index contributed by atoms with van der Waals surface area (Å²) < 4.78 is 4.99. The van der Waals surface area contributed by atoms with Gasteiger partial charge >= 0.3 is 5.97 Å². The summed E-state index contributed by atoms with van der Waals surface area (Å²) in [7, 11) is 0. The third kappa shape index (κ3) is 3.52. The van der Waals surface area contributed by atoms with Crippen LogP contribution in [0, 0.1) is 0 Å². The maximum absolute atomic E-state index is 11.8. The number of esters is 1. The van der Waals surface area contributed by atoms with Crippen molar-refractivity contribution in [3.05, 3.63) is 40.2 Å². The molecule has 0 aliphatic rings. The van der Waals surface area contributed by atoms with Crippen molar-refractivity contribution in [3.8, 4) is 0 Å². The number of ether oxygens (including phenoxy) is 1. The van der Waals surface area contributed by atoms with E-state index in [-0.39, 0.29) is 6.04 Å². The third-order valence-corrected chi connectivity index (χ3v) is 4.08. The van der Waals surface area contributed by atoms with Crippen molar-refractivity contribution in [2.45, 2.75) is 26.3 Å². The van der Waals surface area contributed by atoms with Gasteiger partial charge in [-0.05, 0) is 30.9 Å². The molecule has 2 aromatic rings. The van der Waals surface area contributed by atoms with Gasteiger partial charge < -0.3 is 15.8 Å². The van der Waals surface area contributed by atoms with Crippen LogP contribution < -0.4 is 11.1 Å². The van der Waals surface area contributed by atoms with Crippen LogP contribution in [-0.2, 0) is 4.74 Å². The van der Waals surface area contributed by atoms with Crippen LogP contribution in [0.5, 0.6) is 0 Å². The largest absolute Gasteiger partial charge is 0.462 e. The molecule has 0 saturated carbocycles. The molecule has 0 saturated heterocycles. The first-order chi connectivity index (χ1) is 10.2. The molecule has 112 valence electrons. The quantitative estimate of drug-likeness (QED) is 0.799. The van der Waals surface area contributed by atoms with Gasteiger partial charge in [0.2, 0.25) is 0 Å². The highest BCUT2D eigenvalue weighted by molar-refractivity contribution is 7.10. The second-order valence-corrected chi connectivity index (χ2v) is 5.44. The van der Waals surface area contributed by atoms with Crippen LogP contribution in [0.15, 0.2) is 29.8 Å². The van der Waals surface area contributed by atoms with Crippen LogP contribution in [0.4, 0.5) is 11.5 Å². The van der Waals surface area contributed by atoms with Gasteiger partial charge in [0.1, 0.15) is 0 Å². The second-order valence-electron chi connectivity index (χ2n) is 4.46. The van der Waals surface area contributed by atoms with Gasteiger partial charge in [-0.25, -0.2) is 9.78 Å². The zero-order valence-electron chi connectivity index (χ0n) is 12.1. The molecular formula is C15H19N3O2S. The Kier molecular flexibility index (Phi) is 5.16. The van der Waals surface area contributed by atoms with E-state index in [2.05, 4.69) is 23.3 Å². The Bertz CT molecular complexity index is 599. The molecule has 2 aromatic heterocycles. The van der Waals surface area contributed by atoms with Crippen molar-refractivity contribution in [3.63, 3.8) is 0 Å². The van der Waals surface area contributed by atoms with Gasteiger partial charge in [-0.3, -0.25) is 0 Å². The summed E-state index contributed by atoms with van der Waals surface area (Å²) in [4.78, 5) is 17.3. The fourth-order valence-electron chi connectivity index (χ4n) is 2.00. The van der Waals surface area contributed by atoms with Crippen LogP contribution in [-0.4, -0.2) is 17.6 Å². The number of nitrogens with zero attached hydrogens (tertiary/aromatic N) is 1. The number of nitrogens with two attached hydrogens (primary N) is 1. The van der Waals surface area contributed by atoms with E-state index in [0.29, 0.717) is 23.7 Å². The summed E-state index contributed by atoms with van der Waals surface area (Å²) in [6.07, 6.45) is 2.46. The Morgan fingerprint density at radius 1 is 1.48 bits per heavy atom. The lowest BCUT2D eigenvalue weighted by molar-refractivity contribution is 0.0527. The summed E-state index contributed by atoms with van der Waals surface area (Å²) >= 11 is 1.68. The highest BCUT2D eigenvalue weighted by Crippen LogP contribution is 2.29. The number of aromatic nitrogens is 1. The molecule has 1 atom stereocenters. The number of rotatable bonds is 6. The number of anilines is 2. The van der Waals surface area contributed by atoms with Crippen LogP contribution in [0.3, 0.4) is 0 Å². The summed E-state index contributed by atoms with van der Waals surface area (Å²) in [5, 5.41) is 5.34. The fourth-order valence-corrected chi connectivity index (χ4v) is 2.87. The lowest BCUT2D eigenvalue weighted by Gasteiger charge is -2.18. The van der Waals surface area contributed by atoms with E-state index in [9.17, 15) is 4.79 Å². The Morgan fingerprint density at radius 3 is 2.90 bits per heavy atom. The minimum atomic E-state index is -0.426. The van der Waals surface area contributed by atoms with E-state index in [1.807, 2.05) is 11.4 Å². The number of carbonyl (C=O) groups excluding carboxylic acids is 1. The molecule has 0 aliphatic carbocycles. The Hall–Kier alpha value is -2.08. The summed E-state index contributed by atoms with van der Waals surface area (Å²) in [6.45, 7) is 4.16. The number of hydrogen-bond acceptors (Lipinski definition) is 6. The molecule has 0 fully saturated rings. The Labute approximate surface area is 128 Å². The molecule has 1 unspecified atom stereocenters. The number of nitrogens with one attached hydrogen (secondary N) is 1. The smallest absolute Gasteiger partial charge is 0.340 e. The van der Waals surface area contributed by atoms with E-state index in [1.54, 1.807) is 30.5 Å². The third-order valence-electron chi connectivity index (χ3n) is 3.09. The van der Waals surface area contributed by atoms with Gasteiger partial charge in [0.15, 0.2) is 5.82 Å². The second kappa shape index (κ2) is 7.08. The van der Waals surface area contributed by atoms with E-state index in [4.69, 9.17) is 10.5 Å². The number of carbonyl (C=O) groups is 1. The van der Waals surface area contributed by atoms with Gasteiger partial charge in [-0.2, -0.15) is 0 Å². The summed E-state index contributed by atoms with van der Waals surface area (Å²) in [5.74, 6) is 0.0884. The molecular weight excluding hydrogens is 286 g/mol. The first kappa shape index (κ1) is 15.3. The Balaban J connectivity index is 2.24. The monoisotopic (exact) mass is 305 g/mol. The number of pyridine rings is 1. The summed E-state index contributed by atoms with van der Waals surface area (Å²) in [5.41, 5.74) is 6.72. The molecule has 2 rings (SSSR count). The molecule has 0 aromatic carbocycles. The highest BCUT2D eigenvalue weighted by atomic mass is 32.1. The van der Waals surface area contributed by atoms with Gasteiger partial charge in [0.05, 0.1) is 23.9 Å². The molecule has 3 N–H and O–H groups in total. The first-order valence-corrected chi connectivity index (χ1v) is 7.76. The van der Waals surface area contributed by atoms with E-state index in [0.717, 1.165) is 6.42 Å². The van der Waals surface area contributed by atoms with Crippen LogP contribution in [0.2, 0.25) is 0 Å². The van der Waals surface area contributed by atoms with Crippen LogP contribution in [0.25, 0.3) is 0 Å². The van der Waals surface area contributed by atoms with Crippen molar-refractivity contribution >= 4 is 28.8 Å². The molecule has 5 nitrogen and oxygen atoms in total. The van der Waals surface area contributed by atoms with Gasteiger partial charge in [0.25, 0.3) is 0 Å². The zero-order valence-corrected chi connectivity index (χ0v) is 12.9. The predicted octanol–water partition coefficient (Wildman–Crippen LogP) is 3.47. The first-order valence-electron chi connectivity index (χ1n) is 6.88. The predicted molar refractivity (Wildman–Crippen MR) is 85.6 cm³/mol. The molecule has 0 spiro atoms. The highest BCUT2D eigenvalue weighted by Gasteiger charge is 2.17. The minimum absolute atomic E-state index is 0.122. The van der Waals surface area contributed by atoms with Crippen LogP contribution in [0.1, 0.15) is 41.5 Å².